The summed E-state index contributed by atoms with van der Waals surface area (Å²) in [4.78, 5) is 2.67. The maximum Gasteiger partial charge on any atom is 0.176 e. The van der Waals surface area contributed by atoms with Crippen molar-refractivity contribution in [3.63, 3.8) is 0 Å². The monoisotopic (exact) mass is 383 g/mol. The number of likely N-dealkylation sites (tertiary alicyclic amines) is 1. The van der Waals surface area contributed by atoms with Crippen LogP contribution in [0, 0.1) is 5.92 Å². The zero-order valence-corrected chi connectivity index (χ0v) is 16.6. The smallest absolute Gasteiger partial charge is 0.176 e. The van der Waals surface area contributed by atoms with Crippen LogP contribution in [-0.4, -0.2) is 51.4 Å². The topological polar surface area (TPSA) is 65.3 Å². The lowest BCUT2D eigenvalue weighted by Crippen LogP contribution is -2.52. The zero-order valence-electron chi connectivity index (χ0n) is 16.6. The molecule has 2 fully saturated rings. The molecule has 2 aromatic rings. The van der Waals surface area contributed by atoms with Crippen LogP contribution in [0.25, 0.3) is 5.69 Å². The number of ether oxygens (including phenoxy) is 2. The van der Waals surface area contributed by atoms with Gasteiger partial charge in [0.15, 0.2) is 17.3 Å². The number of benzene rings is 1. The van der Waals surface area contributed by atoms with Gasteiger partial charge in [-0.25, -0.2) is 0 Å². The van der Waals surface area contributed by atoms with Gasteiger partial charge >= 0.3 is 0 Å². The van der Waals surface area contributed by atoms with Crippen molar-refractivity contribution in [1.82, 2.24) is 25.1 Å². The molecule has 1 aromatic heterocycles. The van der Waals surface area contributed by atoms with Crippen molar-refractivity contribution in [3.05, 3.63) is 24.0 Å². The molecular weight excluding hydrogens is 354 g/mol. The molecule has 0 spiro atoms. The molecule has 2 aliphatic heterocycles. The third kappa shape index (κ3) is 3.05. The van der Waals surface area contributed by atoms with E-state index in [0.717, 1.165) is 54.9 Å². The quantitative estimate of drug-likeness (QED) is 0.810. The van der Waals surface area contributed by atoms with Crippen molar-refractivity contribution in [1.29, 1.82) is 0 Å². The van der Waals surface area contributed by atoms with E-state index in [9.17, 15) is 0 Å². The normalized spacial score (nSPS) is 28.2. The number of fused-ring (bicyclic) bond motifs is 1. The second-order valence-electron chi connectivity index (χ2n) is 8.50. The Morgan fingerprint density at radius 1 is 1.00 bits per heavy atom. The average Bonchev–Trinajstić information content (AvgIpc) is 3.25. The predicted molar refractivity (Wildman–Crippen MR) is 105 cm³/mol. The largest absolute Gasteiger partial charge is 0.486 e. The van der Waals surface area contributed by atoms with Gasteiger partial charge in [0.1, 0.15) is 13.2 Å². The van der Waals surface area contributed by atoms with Crippen LogP contribution in [0.5, 0.6) is 11.5 Å². The molecule has 0 bridgehead atoms. The molecule has 3 heterocycles. The Labute approximate surface area is 166 Å². The van der Waals surface area contributed by atoms with Gasteiger partial charge in [-0.05, 0) is 80.1 Å². The second kappa shape index (κ2) is 7.35. The van der Waals surface area contributed by atoms with Crippen LogP contribution in [0.4, 0.5) is 0 Å². The Morgan fingerprint density at radius 2 is 1.75 bits per heavy atom. The summed E-state index contributed by atoms with van der Waals surface area (Å²) in [5.74, 6) is 3.32. The first-order valence-corrected chi connectivity index (χ1v) is 10.7. The highest BCUT2D eigenvalue weighted by molar-refractivity contribution is 5.49. The molecule has 0 atom stereocenters. The van der Waals surface area contributed by atoms with Crippen molar-refractivity contribution in [2.24, 2.45) is 5.92 Å². The number of hydrogen-bond donors (Lipinski definition) is 0. The third-order valence-corrected chi connectivity index (χ3v) is 6.72. The standard InChI is InChI=1S/C21H29N5O2/c1-16-7-9-21(10-8-16,25-11-3-2-4-12-25)20-22-23-24-26(20)17-5-6-18-19(15-17)28-14-13-27-18/h5-6,15-16H,2-4,7-14H2,1H3. The van der Waals surface area contributed by atoms with Gasteiger partial charge in [0.05, 0.1) is 11.2 Å². The fraction of sp³-hybridized carbons (Fsp3) is 0.667. The molecule has 3 aliphatic rings. The summed E-state index contributed by atoms with van der Waals surface area (Å²) < 4.78 is 13.4. The molecule has 1 saturated heterocycles. The second-order valence-corrected chi connectivity index (χ2v) is 8.50. The molecule has 7 nitrogen and oxygen atoms in total. The highest BCUT2D eigenvalue weighted by Crippen LogP contribution is 2.45. The Morgan fingerprint density at radius 3 is 2.54 bits per heavy atom. The number of tetrazole rings is 1. The van der Waals surface area contributed by atoms with Gasteiger partial charge in [-0.2, -0.15) is 4.68 Å². The van der Waals surface area contributed by atoms with Crippen LogP contribution in [-0.2, 0) is 5.54 Å². The lowest BCUT2D eigenvalue weighted by molar-refractivity contribution is 0.0110. The molecule has 28 heavy (non-hydrogen) atoms. The summed E-state index contributed by atoms with van der Waals surface area (Å²) in [7, 11) is 0. The lowest BCUT2D eigenvalue weighted by atomic mass is 9.74. The minimum absolute atomic E-state index is 0.0658. The molecule has 1 aromatic carbocycles. The number of hydrogen-bond acceptors (Lipinski definition) is 6. The van der Waals surface area contributed by atoms with Crippen molar-refractivity contribution >= 4 is 0 Å². The van der Waals surface area contributed by atoms with E-state index < -0.39 is 0 Å². The first-order chi connectivity index (χ1) is 13.8. The van der Waals surface area contributed by atoms with E-state index >= 15 is 0 Å². The highest BCUT2D eigenvalue weighted by atomic mass is 16.6. The van der Waals surface area contributed by atoms with E-state index in [1.54, 1.807) is 0 Å². The molecule has 1 saturated carbocycles. The summed E-state index contributed by atoms with van der Waals surface area (Å²) in [6.45, 7) is 5.82. The van der Waals surface area contributed by atoms with Crippen LogP contribution in [0.2, 0.25) is 0 Å². The molecule has 0 amide bonds. The lowest BCUT2D eigenvalue weighted by Gasteiger charge is -2.48. The van der Waals surface area contributed by atoms with Gasteiger partial charge in [0.25, 0.3) is 0 Å². The Bertz CT molecular complexity index is 822. The first-order valence-electron chi connectivity index (χ1n) is 10.7. The SMILES string of the molecule is CC1CCC(c2nnnn2-c2ccc3c(c2)OCCO3)(N2CCCCC2)CC1. The molecule has 0 N–H and O–H groups in total. The van der Waals surface area contributed by atoms with Gasteiger partial charge < -0.3 is 9.47 Å². The Hall–Kier alpha value is -2.15. The van der Waals surface area contributed by atoms with Gasteiger partial charge in [0.2, 0.25) is 0 Å². The van der Waals surface area contributed by atoms with Gasteiger partial charge in [-0.1, -0.05) is 13.3 Å². The molecule has 150 valence electrons. The van der Waals surface area contributed by atoms with E-state index in [1.807, 2.05) is 22.9 Å². The summed E-state index contributed by atoms with van der Waals surface area (Å²) in [5.41, 5.74) is 0.878. The zero-order chi connectivity index (χ0) is 19.0. The number of aromatic nitrogens is 4. The molecule has 1 aliphatic carbocycles. The fourth-order valence-corrected chi connectivity index (χ4v) is 5.06. The van der Waals surface area contributed by atoms with Gasteiger partial charge in [-0.15, -0.1) is 5.10 Å². The predicted octanol–water partition coefficient (Wildman–Crippen LogP) is 3.32. The van der Waals surface area contributed by atoms with Crippen molar-refractivity contribution in [3.8, 4) is 17.2 Å². The molecule has 0 unspecified atom stereocenters. The van der Waals surface area contributed by atoms with Crippen LogP contribution >= 0.6 is 0 Å². The molecular formula is C21H29N5O2. The average molecular weight is 383 g/mol. The maximum absolute atomic E-state index is 5.79. The van der Waals surface area contributed by atoms with Gasteiger partial charge in [0, 0.05) is 6.07 Å². The van der Waals surface area contributed by atoms with E-state index in [2.05, 4.69) is 27.3 Å². The summed E-state index contributed by atoms with van der Waals surface area (Å²) in [5, 5.41) is 13.1. The molecule has 0 radical (unpaired) electrons. The van der Waals surface area contributed by atoms with Crippen LogP contribution in [0.15, 0.2) is 18.2 Å². The fourth-order valence-electron chi connectivity index (χ4n) is 5.06. The van der Waals surface area contributed by atoms with E-state index in [-0.39, 0.29) is 5.54 Å². The van der Waals surface area contributed by atoms with Crippen LogP contribution < -0.4 is 9.47 Å². The Balaban J connectivity index is 1.55. The number of nitrogens with zero attached hydrogens (tertiary/aromatic N) is 5. The van der Waals surface area contributed by atoms with E-state index in [1.165, 1.54) is 32.1 Å². The van der Waals surface area contributed by atoms with Gasteiger partial charge in [-0.3, -0.25) is 4.90 Å². The first kappa shape index (κ1) is 17.9. The van der Waals surface area contributed by atoms with Crippen LogP contribution in [0.3, 0.4) is 0 Å². The van der Waals surface area contributed by atoms with E-state index in [0.29, 0.717) is 13.2 Å². The van der Waals surface area contributed by atoms with Crippen molar-refractivity contribution in [2.45, 2.75) is 57.4 Å². The molecule has 5 rings (SSSR count). The molecule has 7 heteroatoms. The van der Waals surface area contributed by atoms with Crippen molar-refractivity contribution < 1.29 is 9.47 Å². The van der Waals surface area contributed by atoms with Crippen LogP contribution in [0.1, 0.15) is 57.7 Å². The summed E-state index contributed by atoms with van der Waals surface area (Å²) >= 11 is 0. The maximum atomic E-state index is 5.79. The van der Waals surface area contributed by atoms with E-state index in [4.69, 9.17) is 9.47 Å². The Kier molecular flexibility index (Phi) is 4.70. The summed E-state index contributed by atoms with van der Waals surface area (Å²) in [6, 6.07) is 6.00. The minimum Gasteiger partial charge on any atom is -0.486 e. The minimum atomic E-state index is -0.0658. The summed E-state index contributed by atoms with van der Waals surface area (Å²) in [6.07, 6.45) is 8.56. The number of piperidine rings is 1. The van der Waals surface area contributed by atoms with Crippen molar-refractivity contribution in [2.75, 3.05) is 26.3 Å². The highest BCUT2D eigenvalue weighted by Gasteiger charge is 2.45. The number of rotatable bonds is 3. The third-order valence-electron chi connectivity index (χ3n) is 6.72.